The lowest BCUT2D eigenvalue weighted by Gasteiger charge is -2.06. The minimum Gasteiger partial charge on any atom is -0.366 e. The molecule has 0 atom stereocenters. The number of carbonyl (C=O) groups is 2. The van der Waals surface area contributed by atoms with E-state index in [4.69, 9.17) is 11.5 Å². The van der Waals surface area contributed by atoms with Gasteiger partial charge in [0.25, 0.3) is 0 Å². The number of nitrogens with two attached hydrogens (primary N) is 2. The number of rotatable bonds is 8. The van der Waals surface area contributed by atoms with Crippen LogP contribution < -0.4 is 16.8 Å². The Morgan fingerprint density at radius 3 is 2.53 bits per heavy atom. The number of benzene rings is 1. The van der Waals surface area contributed by atoms with Crippen LogP contribution in [-0.4, -0.2) is 18.4 Å². The molecule has 0 unspecified atom stereocenters. The molecular weight excluding hydrogens is 242 g/mol. The smallest absolute Gasteiger partial charge is 0.248 e. The number of primary amides is 1. The highest BCUT2D eigenvalue weighted by Crippen LogP contribution is 2.11. The van der Waals surface area contributed by atoms with Gasteiger partial charge in [0.2, 0.25) is 11.8 Å². The van der Waals surface area contributed by atoms with Gasteiger partial charge in [-0.05, 0) is 37.6 Å². The molecule has 5 N–H and O–H groups in total. The molecule has 0 spiro atoms. The summed E-state index contributed by atoms with van der Waals surface area (Å²) in [6.07, 6.45) is 4.39. The zero-order valence-electron chi connectivity index (χ0n) is 11.0. The molecule has 0 bridgehead atoms. The summed E-state index contributed by atoms with van der Waals surface area (Å²) in [5, 5.41) is 2.76. The minimum atomic E-state index is -0.502. The Kier molecular flexibility index (Phi) is 6.60. The van der Waals surface area contributed by atoms with E-state index in [2.05, 4.69) is 5.32 Å². The van der Waals surface area contributed by atoms with E-state index in [1.807, 2.05) is 0 Å². The summed E-state index contributed by atoms with van der Waals surface area (Å²) >= 11 is 0. The molecule has 0 heterocycles. The Hall–Kier alpha value is -1.88. The number of amides is 2. The number of hydrogen-bond acceptors (Lipinski definition) is 3. The summed E-state index contributed by atoms with van der Waals surface area (Å²) in [5.41, 5.74) is 11.6. The van der Waals surface area contributed by atoms with Crippen LogP contribution in [0.25, 0.3) is 0 Å². The first-order valence-electron chi connectivity index (χ1n) is 6.53. The third kappa shape index (κ3) is 6.01. The van der Waals surface area contributed by atoms with Gasteiger partial charge in [0.1, 0.15) is 0 Å². The van der Waals surface area contributed by atoms with E-state index < -0.39 is 5.91 Å². The van der Waals surface area contributed by atoms with Gasteiger partial charge >= 0.3 is 0 Å². The molecule has 104 valence electrons. The van der Waals surface area contributed by atoms with Gasteiger partial charge in [-0.1, -0.05) is 18.9 Å². The van der Waals surface area contributed by atoms with E-state index in [0.717, 1.165) is 25.7 Å². The fourth-order valence-corrected chi connectivity index (χ4v) is 1.76. The van der Waals surface area contributed by atoms with E-state index in [1.165, 1.54) is 0 Å². The van der Waals surface area contributed by atoms with Crippen LogP contribution in [0, 0.1) is 0 Å². The van der Waals surface area contributed by atoms with Gasteiger partial charge in [-0.15, -0.1) is 0 Å². The SMILES string of the molecule is NCCCCCCC(=O)Nc1cccc(C(N)=O)c1. The maximum Gasteiger partial charge on any atom is 0.248 e. The lowest BCUT2D eigenvalue weighted by atomic mass is 10.1. The van der Waals surface area contributed by atoms with Crippen LogP contribution in [0.2, 0.25) is 0 Å². The molecule has 0 radical (unpaired) electrons. The van der Waals surface area contributed by atoms with Crippen molar-refractivity contribution in [3.63, 3.8) is 0 Å². The van der Waals surface area contributed by atoms with Crippen LogP contribution in [0.15, 0.2) is 24.3 Å². The fourth-order valence-electron chi connectivity index (χ4n) is 1.76. The highest BCUT2D eigenvalue weighted by atomic mass is 16.2. The molecule has 1 aromatic rings. The van der Waals surface area contributed by atoms with Crippen LogP contribution in [0.5, 0.6) is 0 Å². The van der Waals surface area contributed by atoms with Crippen LogP contribution in [-0.2, 0) is 4.79 Å². The van der Waals surface area contributed by atoms with Crippen LogP contribution >= 0.6 is 0 Å². The van der Waals surface area contributed by atoms with Crippen molar-refractivity contribution >= 4 is 17.5 Å². The van der Waals surface area contributed by atoms with Crippen molar-refractivity contribution in [3.05, 3.63) is 29.8 Å². The Morgan fingerprint density at radius 2 is 1.84 bits per heavy atom. The Balaban J connectivity index is 2.35. The molecule has 0 saturated carbocycles. The second-order valence-electron chi connectivity index (χ2n) is 4.45. The largest absolute Gasteiger partial charge is 0.366 e. The van der Waals surface area contributed by atoms with Gasteiger partial charge in [0, 0.05) is 17.7 Å². The molecule has 1 rings (SSSR count). The van der Waals surface area contributed by atoms with Crippen molar-refractivity contribution in [2.75, 3.05) is 11.9 Å². The van der Waals surface area contributed by atoms with Gasteiger partial charge < -0.3 is 16.8 Å². The maximum absolute atomic E-state index is 11.7. The van der Waals surface area contributed by atoms with Gasteiger partial charge in [0.15, 0.2) is 0 Å². The third-order valence-electron chi connectivity index (χ3n) is 2.79. The van der Waals surface area contributed by atoms with Crippen molar-refractivity contribution in [2.45, 2.75) is 32.1 Å². The molecule has 0 saturated heterocycles. The minimum absolute atomic E-state index is 0.0469. The van der Waals surface area contributed by atoms with E-state index >= 15 is 0 Å². The van der Waals surface area contributed by atoms with Crippen LogP contribution in [0.1, 0.15) is 42.5 Å². The first kappa shape index (κ1) is 15.2. The van der Waals surface area contributed by atoms with E-state index in [-0.39, 0.29) is 5.91 Å². The monoisotopic (exact) mass is 263 g/mol. The van der Waals surface area contributed by atoms with Gasteiger partial charge in [-0.3, -0.25) is 9.59 Å². The number of carbonyl (C=O) groups excluding carboxylic acids is 2. The average Bonchev–Trinajstić information content (AvgIpc) is 2.38. The predicted octanol–water partition coefficient (Wildman–Crippen LogP) is 1.63. The second kappa shape index (κ2) is 8.26. The Bertz CT molecular complexity index is 432. The summed E-state index contributed by atoms with van der Waals surface area (Å²) in [6.45, 7) is 0.701. The maximum atomic E-state index is 11.7. The van der Waals surface area contributed by atoms with E-state index in [9.17, 15) is 9.59 Å². The molecule has 0 aliphatic rings. The fraction of sp³-hybridized carbons (Fsp3) is 0.429. The van der Waals surface area contributed by atoms with E-state index in [1.54, 1.807) is 24.3 Å². The normalized spacial score (nSPS) is 10.2. The summed E-state index contributed by atoms with van der Waals surface area (Å²) in [7, 11) is 0. The second-order valence-corrected chi connectivity index (χ2v) is 4.45. The molecule has 0 aliphatic heterocycles. The molecule has 2 amide bonds. The molecule has 5 heteroatoms. The predicted molar refractivity (Wildman–Crippen MR) is 75.7 cm³/mol. The van der Waals surface area contributed by atoms with Crippen molar-refractivity contribution in [2.24, 2.45) is 11.5 Å². The first-order valence-corrected chi connectivity index (χ1v) is 6.53. The topological polar surface area (TPSA) is 98.2 Å². The molecule has 5 nitrogen and oxygen atoms in total. The summed E-state index contributed by atoms with van der Waals surface area (Å²) < 4.78 is 0. The molecule has 0 fully saturated rings. The number of anilines is 1. The molecule has 1 aromatic carbocycles. The molecule has 19 heavy (non-hydrogen) atoms. The van der Waals surface area contributed by atoms with Gasteiger partial charge in [0.05, 0.1) is 0 Å². The van der Waals surface area contributed by atoms with E-state index in [0.29, 0.717) is 24.2 Å². The van der Waals surface area contributed by atoms with Crippen molar-refractivity contribution in [1.29, 1.82) is 0 Å². The number of hydrogen-bond donors (Lipinski definition) is 3. The lowest BCUT2D eigenvalue weighted by Crippen LogP contribution is -2.14. The highest BCUT2D eigenvalue weighted by Gasteiger charge is 2.05. The summed E-state index contributed by atoms with van der Waals surface area (Å²) in [4.78, 5) is 22.7. The zero-order chi connectivity index (χ0) is 14.1. The quantitative estimate of drug-likeness (QED) is 0.622. The Morgan fingerprint density at radius 1 is 1.11 bits per heavy atom. The summed E-state index contributed by atoms with van der Waals surface area (Å²) in [5.74, 6) is -0.549. The lowest BCUT2D eigenvalue weighted by molar-refractivity contribution is -0.116. The van der Waals surface area contributed by atoms with Crippen LogP contribution in [0.3, 0.4) is 0 Å². The number of unbranched alkanes of at least 4 members (excludes halogenated alkanes) is 3. The first-order chi connectivity index (χ1) is 9.13. The number of nitrogens with one attached hydrogen (secondary N) is 1. The Labute approximate surface area is 113 Å². The molecule has 0 aromatic heterocycles. The summed E-state index contributed by atoms with van der Waals surface area (Å²) in [6, 6.07) is 6.62. The standard InChI is InChI=1S/C14H21N3O2/c15-9-4-2-1-3-8-13(18)17-12-7-5-6-11(10-12)14(16)19/h5-7,10H,1-4,8-9,15H2,(H2,16,19)(H,17,18). The van der Waals surface area contributed by atoms with Crippen molar-refractivity contribution < 1.29 is 9.59 Å². The van der Waals surface area contributed by atoms with Crippen molar-refractivity contribution in [3.8, 4) is 0 Å². The third-order valence-corrected chi connectivity index (χ3v) is 2.79. The highest BCUT2D eigenvalue weighted by molar-refractivity contribution is 5.96. The van der Waals surface area contributed by atoms with Crippen molar-refractivity contribution in [1.82, 2.24) is 0 Å². The zero-order valence-corrected chi connectivity index (χ0v) is 11.0. The molecular formula is C14H21N3O2. The van der Waals surface area contributed by atoms with Gasteiger partial charge in [-0.2, -0.15) is 0 Å². The molecule has 0 aliphatic carbocycles. The van der Waals surface area contributed by atoms with Crippen LogP contribution in [0.4, 0.5) is 5.69 Å². The van der Waals surface area contributed by atoms with Gasteiger partial charge in [-0.25, -0.2) is 0 Å². The average molecular weight is 263 g/mol.